The van der Waals surface area contributed by atoms with E-state index in [1.807, 2.05) is 12.1 Å². The SMILES string of the molecule is CCCCOCCN=C(NCC)N1CCN(Cc2cc(OC)c(OC)c(OC)c2)CC1.I. The summed E-state index contributed by atoms with van der Waals surface area (Å²) in [6, 6.07) is 4.05. The Morgan fingerprint density at radius 3 is 2.16 bits per heavy atom. The van der Waals surface area contributed by atoms with Crippen molar-refractivity contribution in [1.82, 2.24) is 15.1 Å². The molecule has 1 aromatic carbocycles. The van der Waals surface area contributed by atoms with Crippen LogP contribution < -0.4 is 19.5 Å². The van der Waals surface area contributed by atoms with E-state index < -0.39 is 0 Å². The second-order valence-electron chi connectivity index (χ2n) is 7.50. The molecule has 0 saturated carbocycles. The van der Waals surface area contributed by atoms with E-state index in [0.29, 0.717) is 30.4 Å². The van der Waals surface area contributed by atoms with Gasteiger partial charge in [0.1, 0.15) is 0 Å². The smallest absolute Gasteiger partial charge is 0.203 e. The fourth-order valence-corrected chi connectivity index (χ4v) is 3.59. The summed E-state index contributed by atoms with van der Waals surface area (Å²) in [7, 11) is 4.92. The number of rotatable bonds is 12. The van der Waals surface area contributed by atoms with Crippen molar-refractivity contribution in [2.75, 3.05) is 73.8 Å². The zero-order chi connectivity index (χ0) is 22.5. The Morgan fingerprint density at radius 2 is 1.62 bits per heavy atom. The normalized spacial score (nSPS) is 14.7. The molecular formula is C23H41IN4O4. The van der Waals surface area contributed by atoms with E-state index in [9.17, 15) is 0 Å². The number of benzene rings is 1. The molecule has 0 radical (unpaired) electrons. The number of hydrogen-bond donors (Lipinski definition) is 1. The summed E-state index contributed by atoms with van der Waals surface area (Å²) >= 11 is 0. The Labute approximate surface area is 210 Å². The molecule has 1 saturated heterocycles. The van der Waals surface area contributed by atoms with Crippen LogP contribution in [0.15, 0.2) is 17.1 Å². The van der Waals surface area contributed by atoms with Gasteiger partial charge in [0.15, 0.2) is 17.5 Å². The fraction of sp³-hybridized carbons (Fsp3) is 0.696. The van der Waals surface area contributed by atoms with Gasteiger partial charge in [0.05, 0.1) is 34.5 Å². The van der Waals surface area contributed by atoms with Crippen molar-refractivity contribution in [3.63, 3.8) is 0 Å². The monoisotopic (exact) mass is 564 g/mol. The minimum atomic E-state index is 0. The average molecular weight is 565 g/mol. The summed E-state index contributed by atoms with van der Waals surface area (Å²) in [5.74, 6) is 2.99. The minimum absolute atomic E-state index is 0. The van der Waals surface area contributed by atoms with Crippen LogP contribution in [0.25, 0.3) is 0 Å². The molecule has 0 atom stereocenters. The molecule has 32 heavy (non-hydrogen) atoms. The van der Waals surface area contributed by atoms with Crippen molar-refractivity contribution in [2.24, 2.45) is 4.99 Å². The van der Waals surface area contributed by atoms with Gasteiger partial charge in [0.2, 0.25) is 5.75 Å². The van der Waals surface area contributed by atoms with Crippen LogP contribution in [0, 0.1) is 0 Å². The van der Waals surface area contributed by atoms with Crippen molar-refractivity contribution < 1.29 is 18.9 Å². The quantitative estimate of drug-likeness (QED) is 0.181. The first-order valence-corrected chi connectivity index (χ1v) is 11.3. The fourth-order valence-electron chi connectivity index (χ4n) is 3.59. The molecule has 0 unspecified atom stereocenters. The van der Waals surface area contributed by atoms with Gasteiger partial charge in [-0.05, 0) is 31.0 Å². The first-order chi connectivity index (χ1) is 15.2. The molecule has 0 aromatic heterocycles. The number of hydrogen-bond acceptors (Lipinski definition) is 6. The van der Waals surface area contributed by atoms with Crippen molar-refractivity contribution >= 4 is 29.9 Å². The van der Waals surface area contributed by atoms with E-state index >= 15 is 0 Å². The number of nitrogens with zero attached hydrogens (tertiary/aromatic N) is 3. The van der Waals surface area contributed by atoms with E-state index in [-0.39, 0.29) is 24.0 Å². The third kappa shape index (κ3) is 8.82. The molecule has 1 fully saturated rings. The largest absolute Gasteiger partial charge is 0.493 e. The van der Waals surface area contributed by atoms with Crippen LogP contribution in [-0.2, 0) is 11.3 Å². The van der Waals surface area contributed by atoms with E-state index in [0.717, 1.165) is 70.2 Å². The highest BCUT2D eigenvalue weighted by molar-refractivity contribution is 14.0. The van der Waals surface area contributed by atoms with Gasteiger partial charge in [-0.2, -0.15) is 0 Å². The number of piperazine rings is 1. The number of aliphatic imine (C=N–C) groups is 1. The summed E-state index contributed by atoms with van der Waals surface area (Å²) in [4.78, 5) is 9.52. The highest BCUT2D eigenvalue weighted by Crippen LogP contribution is 2.38. The summed E-state index contributed by atoms with van der Waals surface area (Å²) in [5.41, 5.74) is 1.15. The molecule has 0 bridgehead atoms. The lowest BCUT2D eigenvalue weighted by Gasteiger charge is -2.36. The number of halogens is 1. The first kappa shape index (κ1) is 28.6. The molecule has 1 heterocycles. The molecule has 1 N–H and O–H groups in total. The van der Waals surface area contributed by atoms with Gasteiger partial charge in [-0.1, -0.05) is 13.3 Å². The molecule has 0 aliphatic carbocycles. The number of methoxy groups -OCH3 is 3. The molecular weight excluding hydrogens is 523 g/mol. The maximum absolute atomic E-state index is 5.64. The molecule has 184 valence electrons. The van der Waals surface area contributed by atoms with Gasteiger partial charge in [-0.15, -0.1) is 24.0 Å². The van der Waals surface area contributed by atoms with Crippen LogP contribution in [0.5, 0.6) is 17.2 Å². The van der Waals surface area contributed by atoms with E-state index in [1.165, 1.54) is 0 Å². The van der Waals surface area contributed by atoms with Crippen molar-refractivity contribution in [2.45, 2.75) is 33.2 Å². The molecule has 1 aliphatic heterocycles. The molecule has 0 spiro atoms. The lowest BCUT2D eigenvalue weighted by atomic mass is 10.1. The molecule has 1 aromatic rings. The van der Waals surface area contributed by atoms with E-state index in [4.69, 9.17) is 23.9 Å². The number of ether oxygens (including phenoxy) is 4. The zero-order valence-corrected chi connectivity index (χ0v) is 22.6. The predicted molar refractivity (Wildman–Crippen MR) is 140 cm³/mol. The zero-order valence-electron chi connectivity index (χ0n) is 20.3. The highest BCUT2D eigenvalue weighted by atomic mass is 127. The van der Waals surface area contributed by atoms with Crippen molar-refractivity contribution in [3.05, 3.63) is 17.7 Å². The van der Waals surface area contributed by atoms with Gasteiger partial charge in [0, 0.05) is 45.9 Å². The first-order valence-electron chi connectivity index (χ1n) is 11.3. The molecule has 9 heteroatoms. The highest BCUT2D eigenvalue weighted by Gasteiger charge is 2.21. The van der Waals surface area contributed by atoms with Crippen LogP contribution in [0.3, 0.4) is 0 Å². The van der Waals surface area contributed by atoms with Crippen LogP contribution in [0.4, 0.5) is 0 Å². The third-order valence-electron chi connectivity index (χ3n) is 5.28. The van der Waals surface area contributed by atoms with Crippen LogP contribution in [-0.4, -0.2) is 89.6 Å². The van der Waals surface area contributed by atoms with E-state index in [1.54, 1.807) is 21.3 Å². The Kier molecular flexibility index (Phi) is 14.5. The Hall–Kier alpha value is -1.46. The lowest BCUT2D eigenvalue weighted by Crippen LogP contribution is -2.52. The van der Waals surface area contributed by atoms with E-state index in [2.05, 4.69) is 29.0 Å². The topological polar surface area (TPSA) is 67.8 Å². The van der Waals surface area contributed by atoms with Crippen molar-refractivity contribution in [3.8, 4) is 17.2 Å². The molecule has 2 rings (SSSR count). The average Bonchev–Trinajstić information content (AvgIpc) is 2.80. The Balaban J connectivity index is 0.00000512. The second-order valence-corrected chi connectivity index (χ2v) is 7.50. The van der Waals surface area contributed by atoms with Crippen LogP contribution in [0.1, 0.15) is 32.3 Å². The molecule has 0 amide bonds. The third-order valence-corrected chi connectivity index (χ3v) is 5.28. The van der Waals surface area contributed by atoms with Crippen molar-refractivity contribution in [1.29, 1.82) is 0 Å². The predicted octanol–water partition coefficient (Wildman–Crippen LogP) is 3.23. The summed E-state index contributed by atoms with van der Waals surface area (Å²) in [6.45, 7) is 12.0. The molecule has 8 nitrogen and oxygen atoms in total. The minimum Gasteiger partial charge on any atom is -0.493 e. The summed E-state index contributed by atoms with van der Waals surface area (Å²) in [6.07, 6.45) is 2.27. The maximum atomic E-state index is 5.64. The van der Waals surface area contributed by atoms with Gasteiger partial charge in [0.25, 0.3) is 0 Å². The Bertz CT molecular complexity index is 657. The lowest BCUT2D eigenvalue weighted by molar-refractivity contribution is 0.138. The van der Waals surface area contributed by atoms with Gasteiger partial charge < -0.3 is 29.2 Å². The van der Waals surface area contributed by atoms with Crippen LogP contribution in [0.2, 0.25) is 0 Å². The van der Waals surface area contributed by atoms with Gasteiger partial charge >= 0.3 is 0 Å². The summed E-state index contributed by atoms with van der Waals surface area (Å²) < 4.78 is 22.0. The standard InChI is InChI=1S/C23H40N4O4.HI/c1-6-8-14-31-15-9-25-23(24-7-2)27-12-10-26(11-13-27)18-19-16-20(28-3)22(30-5)21(17-19)29-4;/h16-17H,6-15,18H2,1-5H3,(H,24,25);1H. The van der Waals surface area contributed by atoms with Crippen LogP contribution >= 0.6 is 24.0 Å². The van der Waals surface area contributed by atoms with Gasteiger partial charge in [-0.25, -0.2) is 0 Å². The number of unbranched alkanes of at least 4 members (excludes halogenated alkanes) is 1. The maximum Gasteiger partial charge on any atom is 0.203 e. The molecule has 1 aliphatic rings. The second kappa shape index (κ2) is 16.2. The van der Waals surface area contributed by atoms with Gasteiger partial charge in [-0.3, -0.25) is 9.89 Å². The number of guanidine groups is 1. The Morgan fingerprint density at radius 1 is 0.969 bits per heavy atom. The summed E-state index contributed by atoms with van der Waals surface area (Å²) in [5, 5.41) is 3.42. The number of nitrogens with one attached hydrogen (secondary N) is 1.